The van der Waals surface area contributed by atoms with Crippen LogP contribution in [0.5, 0.6) is 0 Å². The van der Waals surface area contributed by atoms with Crippen LogP contribution in [0.25, 0.3) is 0 Å². The van der Waals surface area contributed by atoms with Crippen LogP contribution in [-0.4, -0.2) is 102 Å². The highest BCUT2D eigenvalue weighted by Crippen LogP contribution is 2.25. The van der Waals surface area contributed by atoms with E-state index in [1.165, 1.54) is 0 Å². The van der Waals surface area contributed by atoms with Crippen LogP contribution in [0.1, 0.15) is 13.8 Å². The van der Waals surface area contributed by atoms with E-state index in [9.17, 15) is 15.0 Å². The van der Waals surface area contributed by atoms with E-state index >= 15 is 0 Å². The van der Waals surface area contributed by atoms with Crippen molar-refractivity contribution in [1.29, 1.82) is 0 Å². The van der Waals surface area contributed by atoms with Crippen LogP contribution in [0.3, 0.4) is 0 Å². The maximum atomic E-state index is 12.7. The summed E-state index contributed by atoms with van der Waals surface area (Å²) in [4.78, 5) is 16.9. The fourth-order valence-corrected chi connectivity index (χ4v) is 3.42. The van der Waals surface area contributed by atoms with Crippen LogP contribution >= 0.6 is 0 Å². The van der Waals surface area contributed by atoms with E-state index in [1.807, 2.05) is 19.0 Å². The normalized spacial score (nSPS) is 34.8. The molecule has 0 unspecified atom stereocenters. The molecule has 2 aliphatic heterocycles. The van der Waals surface area contributed by atoms with Gasteiger partial charge in [-0.3, -0.25) is 9.69 Å². The molecule has 2 aliphatic rings. The number of likely N-dealkylation sites (tertiary alicyclic amines) is 1. The second-order valence-electron chi connectivity index (χ2n) is 6.92. The Hall–Kier alpha value is -0.690. The van der Waals surface area contributed by atoms with Gasteiger partial charge in [0.25, 0.3) is 5.91 Å². The predicted molar refractivity (Wildman–Crippen MR) is 76.1 cm³/mol. The molecule has 2 fully saturated rings. The number of amides is 1. The zero-order valence-corrected chi connectivity index (χ0v) is 13.0. The number of aliphatic hydroxyl groups is 2. The summed E-state index contributed by atoms with van der Waals surface area (Å²) in [6.07, 6.45) is -1.77. The Morgan fingerprint density at radius 3 is 2.10 bits per heavy atom. The quantitative estimate of drug-likeness (QED) is 0.621. The van der Waals surface area contributed by atoms with Gasteiger partial charge < -0.3 is 19.6 Å². The van der Waals surface area contributed by atoms with Gasteiger partial charge in [-0.1, -0.05) is 0 Å². The number of carbonyl (C=O) groups excluding carboxylic acids is 1. The highest BCUT2D eigenvalue weighted by Gasteiger charge is 2.53. The van der Waals surface area contributed by atoms with Crippen molar-refractivity contribution in [3.63, 3.8) is 0 Å². The van der Waals surface area contributed by atoms with Crippen LogP contribution in [0.15, 0.2) is 0 Å². The zero-order chi connectivity index (χ0) is 15.1. The Bertz CT molecular complexity index is 365. The van der Waals surface area contributed by atoms with Crippen LogP contribution in [0.4, 0.5) is 0 Å². The molecular weight excluding hydrogens is 258 g/mol. The second-order valence-corrected chi connectivity index (χ2v) is 6.92. The summed E-state index contributed by atoms with van der Waals surface area (Å²) >= 11 is 0. The highest BCUT2D eigenvalue weighted by molar-refractivity contribution is 5.82. The lowest BCUT2D eigenvalue weighted by Gasteiger charge is -2.40. The van der Waals surface area contributed by atoms with Crippen molar-refractivity contribution in [2.75, 3.05) is 46.8 Å². The lowest BCUT2D eigenvalue weighted by atomic mass is 10.1. The van der Waals surface area contributed by atoms with Gasteiger partial charge in [0.05, 0.1) is 14.1 Å². The van der Waals surface area contributed by atoms with Gasteiger partial charge in [-0.2, -0.15) is 0 Å². The molecule has 2 rings (SSSR count). The molecule has 1 amide bonds. The average Bonchev–Trinajstić information content (AvgIpc) is 2.57. The maximum Gasteiger partial charge on any atom is 0.283 e. The minimum atomic E-state index is -0.958. The molecule has 0 aromatic heterocycles. The summed E-state index contributed by atoms with van der Waals surface area (Å²) in [5.41, 5.74) is 0. The number of nitrogens with zero attached hydrogens (tertiary/aromatic N) is 3. The smallest absolute Gasteiger partial charge is 0.283 e. The first kappa shape index (κ1) is 15.7. The molecule has 2 heterocycles. The highest BCUT2D eigenvalue weighted by atomic mass is 16.3. The fourth-order valence-electron chi connectivity index (χ4n) is 3.42. The monoisotopic (exact) mass is 286 g/mol. The molecule has 0 radical (unpaired) electrons. The minimum Gasteiger partial charge on any atom is -0.384 e. The topological polar surface area (TPSA) is 64.0 Å². The van der Waals surface area contributed by atoms with Gasteiger partial charge in [0.15, 0.2) is 6.04 Å². The van der Waals surface area contributed by atoms with Crippen LogP contribution in [-0.2, 0) is 4.79 Å². The molecule has 0 aromatic carbocycles. The van der Waals surface area contributed by atoms with Crippen molar-refractivity contribution in [3.8, 4) is 0 Å². The van der Waals surface area contributed by atoms with Gasteiger partial charge >= 0.3 is 0 Å². The fraction of sp³-hybridized carbons (Fsp3) is 0.929. The summed E-state index contributed by atoms with van der Waals surface area (Å²) in [5.74, 6) is -0.0255. The zero-order valence-electron chi connectivity index (χ0n) is 13.0. The molecule has 6 nitrogen and oxygen atoms in total. The number of piperazine rings is 1. The van der Waals surface area contributed by atoms with E-state index in [4.69, 9.17) is 0 Å². The number of carbonyl (C=O) groups is 1. The average molecular weight is 286 g/mol. The van der Waals surface area contributed by atoms with Crippen molar-refractivity contribution >= 4 is 5.91 Å². The van der Waals surface area contributed by atoms with Crippen molar-refractivity contribution in [2.24, 2.45) is 0 Å². The summed E-state index contributed by atoms with van der Waals surface area (Å²) in [6, 6.07) is -0.0473. The Morgan fingerprint density at radius 2 is 1.70 bits per heavy atom. The SMILES string of the molecule is CC(C)N1CCN(C(=O)[C@@H]2[C@@H](O)[C@@H](O)C[N+]2(C)C)CC1. The molecule has 2 saturated heterocycles. The number of aliphatic hydroxyl groups excluding tert-OH is 2. The first-order chi connectivity index (χ1) is 9.24. The van der Waals surface area contributed by atoms with Gasteiger partial charge in [0, 0.05) is 32.2 Å². The first-order valence-electron chi connectivity index (χ1n) is 7.45. The van der Waals surface area contributed by atoms with E-state index in [1.54, 1.807) is 0 Å². The number of rotatable bonds is 2. The summed E-state index contributed by atoms with van der Waals surface area (Å²) in [6.45, 7) is 7.91. The standard InChI is InChI=1S/C14H28N3O3/c1-10(2)15-5-7-16(8-6-15)14(20)12-13(19)11(18)9-17(12,3)4/h10-13,18-19H,5-9H2,1-4H3/q+1/t11-,12-,13-/m0/s1. The summed E-state index contributed by atoms with van der Waals surface area (Å²) in [7, 11) is 3.79. The third-order valence-electron chi connectivity index (χ3n) is 4.74. The molecule has 3 atom stereocenters. The Balaban J connectivity index is 2.02. The molecule has 0 aliphatic carbocycles. The predicted octanol–water partition coefficient (Wildman–Crippen LogP) is -1.28. The van der Waals surface area contributed by atoms with Gasteiger partial charge in [-0.15, -0.1) is 0 Å². The van der Waals surface area contributed by atoms with Crippen molar-refractivity contribution in [3.05, 3.63) is 0 Å². The molecule has 6 heteroatoms. The molecule has 116 valence electrons. The maximum absolute atomic E-state index is 12.7. The van der Waals surface area contributed by atoms with Crippen molar-refractivity contribution in [2.45, 2.75) is 38.1 Å². The lowest BCUT2D eigenvalue weighted by Crippen LogP contribution is -2.60. The molecule has 2 N–H and O–H groups in total. The Labute approximate surface area is 121 Å². The van der Waals surface area contributed by atoms with Gasteiger partial charge in [0.1, 0.15) is 18.8 Å². The summed E-state index contributed by atoms with van der Waals surface area (Å²) in [5, 5.41) is 19.9. The van der Waals surface area contributed by atoms with Gasteiger partial charge in [-0.05, 0) is 13.8 Å². The third-order valence-corrected chi connectivity index (χ3v) is 4.74. The molecule has 20 heavy (non-hydrogen) atoms. The van der Waals surface area contributed by atoms with Gasteiger partial charge in [0.2, 0.25) is 0 Å². The second kappa shape index (κ2) is 5.60. The van der Waals surface area contributed by atoms with Crippen molar-refractivity contribution in [1.82, 2.24) is 9.80 Å². The van der Waals surface area contributed by atoms with E-state index in [-0.39, 0.29) is 5.91 Å². The van der Waals surface area contributed by atoms with Crippen LogP contribution in [0.2, 0.25) is 0 Å². The number of quaternary nitrogens is 1. The number of hydrogen-bond acceptors (Lipinski definition) is 4. The Morgan fingerprint density at radius 1 is 1.15 bits per heavy atom. The molecular formula is C14H28N3O3+. The van der Waals surface area contributed by atoms with Crippen LogP contribution in [0, 0.1) is 0 Å². The number of likely N-dealkylation sites (N-methyl/N-ethyl adjacent to an activating group) is 1. The van der Waals surface area contributed by atoms with E-state index in [0.29, 0.717) is 30.2 Å². The van der Waals surface area contributed by atoms with Crippen molar-refractivity contribution < 1.29 is 19.5 Å². The molecule has 0 bridgehead atoms. The number of hydrogen-bond donors (Lipinski definition) is 2. The van der Waals surface area contributed by atoms with Gasteiger partial charge in [-0.25, -0.2) is 0 Å². The largest absolute Gasteiger partial charge is 0.384 e. The van der Waals surface area contributed by atoms with E-state index in [2.05, 4.69) is 18.7 Å². The third kappa shape index (κ3) is 2.83. The molecule has 0 aromatic rings. The Kier molecular flexibility index (Phi) is 4.39. The first-order valence-corrected chi connectivity index (χ1v) is 7.45. The van der Waals surface area contributed by atoms with Crippen LogP contribution < -0.4 is 0 Å². The van der Waals surface area contributed by atoms with E-state index in [0.717, 1.165) is 13.1 Å². The minimum absolute atomic E-state index is 0.0255. The van der Waals surface area contributed by atoms with E-state index < -0.39 is 18.2 Å². The molecule has 0 saturated carbocycles. The molecule has 0 spiro atoms. The summed E-state index contributed by atoms with van der Waals surface area (Å²) < 4.78 is 0.353. The lowest BCUT2D eigenvalue weighted by molar-refractivity contribution is -0.896.